The Morgan fingerprint density at radius 3 is 2.59 bits per heavy atom. The van der Waals surface area contributed by atoms with Crippen molar-refractivity contribution in [3.63, 3.8) is 0 Å². The molecule has 0 aromatic rings. The molecule has 0 spiro atoms. The molecule has 0 radical (unpaired) electrons. The molecule has 0 aromatic carbocycles. The number of esters is 1. The number of methoxy groups -OCH3 is 1. The summed E-state index contributed by atoms with van der Waals surface area (Å²) >= 11 is 0. The summed E-state index contributed by atoms with van der Waals surface area (Å²) in [5.74, 6) is 0.429. The van der Waals surface area contributed by atoms with Crippen LogP contribution in [0.3, 0.4) is 0 Å². The van der Waals surface area contributed by atoms with Crippen LogP contribution in [0.4, 0.5) is 0 Å². The molecule has 1 rings (SSSR count). The Morgan fingerprint density at radius 2 is 2.12 bits per heavy atom. The van der Waals surface area contributed by atoms with E-state index < -0.39 is 0 Å². The maximum Gasteiger partial charge on any atom is 0.324 e. The van der Waals surface area contributed by atoms with E-state index >= 15 is 0 Å². The third kappa shape index (κ3) is 4.26. The lowest BCUT2D eigenvalue weighted by molar-refractivity contribution is -0.146. The Hall–Kier alpha value is -0.650. The number of likely N-dealkylation sites (tertiary alicyclic amines) is 1. The second-order valence-corrected chi connectivity index (χ2v) is 4.96. The van der Waals surface area contributed by atoms with Gasteiger partial charge >= 0.3 is 5.97 Å². The first kappa shape index (κ1) is 14.4. The van der Waals surface area contributed by atoms with Gasteiger partial charge in [0.1, 0.15) is 6.04 Å². The van der Waals surface area contributed by atoms with Gasteiger partial charge in [-0.05, 0) is 45.9 Å². The van der Waals surface area contributed by atoms with Crippen LogP contribution in [0.1, 0.15) is 12.8 Å². The molecular formula is C12H25N3O2. The molecule has 5 heteroatoms. The summed E-state index contributed by atoms with van der Waals surface area (Å²) in [6.45, 7) is 3.52. The Morgan fingerprint density at radius 1 is 1.53 bits per heavy atom. The fourth-order valence-electron chi connectivity index (χ4n) is 2.37. The normalized spacial score (nSPS) is 20.5. The highest BCUT2D eigenvalue weighted by molar-refractivity contribution is 5.75. The second-order valence-electron chi connectivity index (χ2n) is 4.96. The van der Waals surface area contributed by atoms with Crippen molar-refractivity contribution >= 4 is 5.97 Å². The molecule has 0 aliphatic carbocycles. The molecule has 100 valence electrons. The van der Waals surface area contributed by atoms with Crippen molar-refractivity contribution in [3.05, 3.63) is 0 Å². The molecule has 2 N–H and O–H groups in total. The van der Waals surface area contributed by atoms with Crippen LogP contribution in [0.5, 0.6) is 0 Å². The molecule has 1 unspecified atom stereocenters. The molecule has 0 amide bonds. The maximum atomic E-state index is 11.5. The van der Waals surface area contributed by atoms with E-state index in [2.05, 4.69) is 11.9 Å². The van der Waals surface area contributed by atoms with Crippen molar-refractivity contribution in [3.8, 4) is 0 Å². The summed E-state index contributed by atoms with van der Waals surface area (Å²) in [4.78, 5) is 15.9. The van der Waals surface area contributed by atoms with E-state index in [9.17, 15) is 4.79 Å². The summed E-state index contributed by atoms with van der Waals surface area (Å²) in [7, 11) is 5.51. The van der Waals surface area contributed by atoms with Gasteiger partial charge in [0.05, 0.1) is 7.11 Å². The number of carbonyl (C=O) groups excluding carboxylic acids is 1. The molecule has 1 atom stereocenters. The highest BCUT2D eigenvalue weighted by Gasteiger charge is 2.26. The van der Waals surface area contributed by atoms with E-state index in [1.54, 1.807) is 0 Å². The molecule has 0 saturated carbocycles. The number of nitrogens with two attached hydrogens (primary N) is 1. The first-order chi connectivity index (χ1) is 8.08. The molecule has 1 heterocycles. The SMILES string of the molecule is COC(=O)C(CN)N(C)CC1CCN(C)CC1. The number of piperidine rings is 1. The zero-order valence-electron chi connectivity index (χ0n) is 11.2. The second kappa shape index (κ2) is 6.93. The van der Waals surface area contributed by atoms with Crippen LogP contribution in [0, 0.1) is 5.92 Å². The van der Waals surface area contributed by atoms with Crippen molar-refractivity contribution in [2.75, 3.05) is 47.4 Å². The Balaban J connectivity index is 2.41. The number of rotatable bonds is 5. The Bertz CT molecular complexity index is 240. The van der Waals surface area contributed by atoms with Gasteiger partial charge in [0.2, 0.25) is 0 Å². The summed E-state index contributed by atoms with van der Waals surface area (Å²) in [5, 5.41) is 0. The predicted octanol–water partition coefficient (Wildman–Crippen LogP) is -0.240. The third-order valence-electron chi connectivity index (χ3n) is 3.61. The van der Waals surface area contributed by atoms with Crippen molar-refractivity contribution in [1.82, 2.24) is 9.80 Å². The first-order valence-electron chi connectivity index (χ1n) is 6.25. The lowest BCUT2D eigenvalue weighted by atomic mass is 9.96. The number of hydrogen-bond acceptors (Lipinski definition) is 5. The van der Waals surface area contributed by atoms with E-state index in [4.69, 9.17) is 10.5 Å². The Labute approximate surface area is 104 Å². The molecular weight excluding hydrogens is 218 g/mol. The Kier molecular flexibility index (Phi) is 5.88. The van der Waals surface area contributed by atoms with E-state index in [-0.39, 0.29) is 12.0 Å². The summed E-state index contributed by atoms with van der Waals surface area (Å²) in [6.07, 6.45) is 2.39. The van der Waals surface area contributed by atoms with Crippen molar-refractivity contribution in [1.29, 1.82) is 0 Å². The van der Waals surface area contributed by atoms with Gasteiger partial charge in [0, 0.05) is 13.1 Å². The average molecular weight is 243 g/mol. The quantitative estimate of drug-likeness (QED) is 0.675. The molecule has 1 fully saturated rings. The van der Waals surface area contributed by atoms with Gasteiger partial charge < -0.3 is 15.4 Å². The number of nitrogens with zero attached hydrogens (tertiary/aromatic N) is 2. The minimum Gasteiger partial charge on any atom is -0.468 e. The maximum absolute atomic E-state index is 11.5. The van der Waals surface area contributed by atoms with E-state index in [1.807, 2.05) is 11.9 Å². The smallest absolute Gasteiger partial charge is 0.324 e. The summed E-state index contributed by atoms with van der Waals surface area (Å²) < 4.78 is 4.76. The topological polar surface area (TPSA) is 58.8 Å². The van der Waals surface area contributed by atoms with Crippen LogP contribution in [0.2, 0.25) is 0 Å². The van der Waals surface area contributed by atoms with Gasteiger partial charge in [-0.1, -0.05) is 0 Å². The van der Waals surface area contributed by atoms with E-state index in [0.717, 1.165) is 19.6 Å². The fourth-order valence-corrected chi connectivity index (χ4v) is 2.37. The van der Waals surface area contributed by atoms with E-state index in [0.29, 0.717) is 12.5 Å². The van der Waals surface area contributed by atoms with Gasteiger partial charge in [0.15, 0.2) is 0 Å². The molecule has 17 heavy (non-hydrogen) atoms. The van der Waals surface area contributed by atoms with Gasteiger partial charge in [-0.15, -0.1) is 0 Å². The highest BCUT2D eigenvalue weighted by atomic mass is 16.5. The van der Waals surface area contributed by atoms with Crippen LogP contribution < -0.4 is 5.73 Å². The van der Waals surface area contributed by atoms with E-state index in [1.165, 1.54) is 20.0 Å². The average Bonchev–Trinajstić information content (AvgIpc) is 2.32. The van der Waals surface area contributed by atoms with Crippen molar-refractivity contribution in [2.45, 2.75) is 18.9 Å². The van der Waals surface area contributed by atoms with Gasteiger partial charge in [0.25, 0.3) is 0 Å². The molecule has 0 aromatic heterocycles. The lowest BCUT2D eigenvalue weighted by Gasteiger charge is -2.33. The lowest BCUT2D eigenvalue weighted by Crippen LogP contribution is -2.47. The van der Waals surface area contributed by atoms with Crippen LogP contribution in [-0.2, 0) is 9.53 Å². The number of hydrogen-bond donors (Lipinski definition) is 1. The standard InChI is InChI=1S/C12H25N3O2/c1-14-6-4-10(5-7-14)9-15(2)11(8-13)12(16)17-3/h10-11H,4-9,13H2,1-3H3. The largest absolute Gasteiger partial charge is 0.468 e. The van der Waals surface area contributed by atoms with Gasteiger partial charge in [-0.3, -0.25) is 9.69 Å². The number of carbonyl (C=O) groups is 1. The molecule has 1 saturated heterocycles. The van der Waals surface area contributed by atoms with Gasteiger partial charge in [-0.2, -0.15) is 0 Å². The summed E-state index contributed by atoms with van der Waals surface area (Å²) in [6, 6.07) is -0.306. The van der Waals surface area contributed by atoms with Crippen LogP contribution in [0.25, 0.3) is 0 Å². The first-order valence-corrected chi connectivity index (χ1v) is 6.25. The zero-order valence-corrected chi connectivity index (χ0v) is 11.2. The third-order valence-corrected chi connectivity index (χ3v) is 3.61. The molecule has 5 nitrogen and oxygen atoms in total. The number of likely N-dealkylation sites (N-methyl/N-ethyl adjacent to an activating group) is 1. The van der Waals surface area contributed by atoms with Gasteiger partial charge in [-0.25, -0.2) is 0 Å². The number of ether oxygens (including phenoxy) is 1. The van der Waals surface area contributed by atoms with Crippen LogP contribution >= 0.6 is 0 Å². The minimum atomic E-state index is -0.306. The summed E-state index contributed by atoms with van der Waals surface area (Å²) in [5.41, 5.74) is 5.63. The molecule has 1 aliphatic rings. The fraction of sp³-hybridized carbons (Fsp3) is 0.917. The van der Waals surface area contributed by atoms with Crippen molar-refractivity contribution < 1.29 is 9.53 Å². The monoisotopic (exact) mass is 243 g/mol. The van der Waals surface area contributed by atoms with Crippen LogP contribution in [-0.4, -0.2) is 69.2 Å². The highest BCUT2D eigenvalue weighted by Crippen LogP contribution is 2.17. The predicted molar refractivity (Wildman–Crippen MR) is 67.7 cm³/mol. The zero-order chi connectivity index (χ0) is 12.8. The molecule has 0 bridgehead atoms. The van der Waals surface area contributed by atoms with Crippen molar-refractivity contribution in [2.24, 2.45) is 11.7 Å². The molecule has 1 aliphatic heterocycles. The van der Waals surface area contributed by atoms with Crippen LogP contribution in [0.15, 0.2) is 0 Å². The minimum absolute atomic E-state index is 0.233.